The standard InChI is InChI=1S/C13H11FN4S/c14-10-3-1-2-9(6-10)7-18-8-11(15)12(17-18)13-16-4-5-19-13/h1-6,8H,7,15H2. The first-order chi connectivity index (χ1) is 9.22. The molecule has 0 bridgehead atoms. The SMILES string of the molecule is Nc1cn(Cc2cccc(F)c2)nc1-c1nccs1. The van der Waals surface area contributed by atoms with Gasteiger partial charge in [-0.1, -0.05) is 12.1 Å². The molecule has 6 heteroatoms. The van der Waals surface area contributed by atoms with Crippen molar-refractivity contribution in [1.29, 1.82) is 0 Å². The normalized spacial score (nSPS) is 10.8. The minimum absolute atomic E-state index is 0.252. The van der Waals surface area contributed by atoms with Crippen LogP contribution in [0.1, 0.15) is 5.56 Å². The smallest absolute Gasteiger partial charge is 0.145 e. The summed E-state index contributed by atoms with van der Waals surface area (Å²) in [6.45, 7) is 0.479. The maximum atomic E-state index is 13.1. The van der Waals surface area contributed by atoms with Crippen LogP contribution in [0.5, 0.6) is 0 Å². The molecule has 3 aromatic rings. The summed E-state index contributed by atoms with van der Waals surface area (Å²) in [5, 5.41) is 7.06. The van der Waals surface area contributed by atoms with Gasteiger partial charge in [0.05, 0.1) is 12.2 Å². The van der Waals surface area contributed by atoms with Gasteiger partial charge >= 0.3 is 0 Å². The van der Waals surface area contributed by atoms with E-state index in [0.717, 1.165) is 10.6 Å². The average molecular weight is 274 g/mol. The highest BCUT2D eigenvalue weighted by Crippen LogP contribution is 2.25. The molecule has 2 aromatic heterocycles. The highest BCUT2D eigenvalue weighted by atomic mass is 32.1. The van der Waals surface area contributed by atoms with Gasteiger partial charge in [0.25, 0.3) is 0 Å². The number of nitrogen functional groups attached to an aromatic ring is 1. The third kappa shape index (κ3) is 2.48. The molecule has 0 saturated heterocycles. The number of anilines is 1. The van der Waals surface area contributed by atoms with Crippen LogP contribution in [0, 0.1) is 5.82 Å². The Kier molecular flexibility index (Phi) is 3.00. The second-order valence-corrected chi connectivity index (χ2v) is 4.99. The molecule has 96 valence electrons. The lowest BCUT2D eigenvalue weighted by molar-refractivity contribution is 0.619. The summed E-state index contributed by atoms with van der Waals surface area (Å²) in [6.07, 6.45) is 3.45. The maximum Gasteiger partial charge on any atom is 0.145 e. The molecule has 0 saturated carbocycles. The van der Waals surface area contributed by atoms with Crippen LogP contribution in [0.2, 0.25) is 0 Å². The predicted molar refractivity (Wildman–Crippen MR) is 73.2 cm³/mol. The molecule has 1 aromatic carbocycles. The number of hydrogen-bond donors (Lipinski definition) is 1. The molecule has 0 fully saturated rings. The number of nitrogens with zero attached hydrogens (tertiary/aromatic N) is 3. The van der Waals surface area contributed by atoms with Gasteiger partial charge < -0.3 is 5.73 Å². The minimum Gasteiger partial charge on any atom is -0.396 e. The zero-order valence-electron chi connectivity index (χ0n) is 9.95. The summed E-state index contributed by atoms with van der Waals surface area (Å²) < 4.78 is 14.8. The van der Waals surface area contributed by atoms with Gasteiger partial charge in [0.15, 0.2) is 0 Å². The number of hydrogen-bond acceptors (Lipinski definition) is 4. The molecule has 2 N–H and O–H groups in total. The fraction of sp³-hybridized carbons (Fsp3) is 0.0769. The van der Waals surface area contributed by atoms with Crippen molar-refractivity contribution in [3.05, 3.63) is 53.4 Å². The molecule has 2 heterocycles. The van der Waals surface area contributed by atoms with Crippen molar-refractivity contribution in [2.45, 2.75) is 6.54 Å². The van der Waals surface area contributed by atoms with E-state index < -0.39 is 0 Å². The first-order valence-corrected chi connectivity index (χ1v) is 6.57. The predicted octanol–water partition coefficient (Wildman–Crippen LogP) is 2.78. The highest BCUT2D eigenvalue weighted by Gasteiger charge is 2.11. The maximum absolute atomic E-state index is 13.1. The van der Waals surface area contributed by atoms with Crippen molar-refractivity contribution >= 4 is 17.0 Å². The lowest BCUT2D eigenvalue weighted by Crippen LogP contribution is -2.00. The number of thiazole rings is 1. The number of nitrogens with two attached hydrogens (primary N) is 1. The van der Waals surface area contributed by atoms with Crippen LogP contribution < -0.4 is 5.73 Å². The van der Waals surface area contributed by atoms with Gasteiger partial charge in [0.2, 0.25) is 0 Å². The quantitative estimate of drug-likeness (QED) is 0.799. The van der Waals surface area contributed by atoms with Gasteiger partial charge in [0, 0.05) is 17.8 Å². The van der Waals surface area contributed by atoms with Crippen LogP contribution in [-0.4, -0.2) is 14.8 Å². The van der Waals surface area contributed by atoms with E-state index >= 15 is 0 Å². The molecule has 19 heavy (non-hydrogen) atoms. The molecule has 0 amide bonds. The highest BCUT2D eigenvalue weighted by molar-refractivity contribution is 7.13. The van der Waals surface area contributed by atoms with E-state index in [1.165, 1.54) is 23.5 Å². The van der Waals surface area contributed by atoms with E-state index in [9.17, 15) is 4.39 Å². The molecular weight excluding hydrogens is 263 g/mol. The lowest BCUT2D eigenvalue weighted by atomic mass is 10.2. The second kappa shape index (κ2) is 4.81. The summed E-state index contributed by atoms with van der Waals surface area (Å²) in [6, 6.07) is 6.44. The summed E-state index contributed by atoms with van der Waals surface area (Å²) >= 11 is 1.49. The molecule has 0 radical (unpaired) electrons. The zero-order chi connectivity index (χ0) is 13.2. The Balaban J connectivity index is 1.89. The van der Waals surface area contributed by atoms with Crippen LogP contribution >= 0.6 is 11.3 Å². The molecular formula is C13H11FN4S. The number of benzene rings is 1. The third-order valence-corrected chi connectivity index (χ3v) is 3.44. The molecule has 0 aliphatic rings. The Morgan fingerprint density at radius 2 is 2.26 bits per heavy atom. The van der Waals surface area contributed by atoms with E-state index in [2.05, 4.69) is 10.1 Å². The van der Waals surface area contributed by atoms with Gasteiger partial charge in [-0.3, -0.25) is 4.68 Å². The fourth-order valence-electron chi connectivity index (χ4n) is 1.85. The topological polar surface area (TPSA) is 56.7 Å². The van der Waals surface area contributed by atoms with E-state index in [1.807, 2.05) is 11.4 Å². The van der Waals surface area contributed by atoms with Crippen LogP contribution in [-0.2, 0) is 6.54 Å². The first kappa shape index (κ1) is 11.9. The Labute approximate surface area is 113 Å². The molecule has 0 spiro atoms. The van der Waals surface area contributed by atoms with Crippen molar-refractivity contribution in [2.24, 2.45) is 0 Å². The average Bonchev–Trinajstić information content (AvgIpc) is 2.98. The summed E-state index contributed by atoms with van der Waals surface area (Å²) in [7, 11) is 0. The van der Waals surface area contributed by atoms with Gasteiger partial charge in [-0.15, -0.1) is 11.3 Å². The van der Waals surface area contributed by atoms with Crippen LogP contribution in [0.4, 0.5) is 10.1 Å². The summed E-state index contributed by atoms with van der Waals surface area (Å²) in [5.74, 6) is -0.252. The van der Waals surface area contributed by atoms with E-state index in [0.29, 0.717) is 17.9 Å². The number of rotatable bonds is 3. The number of aromatic nitrogens is 3. The Morgan fingerprint density at radius 3 is 3.00 bits per heavy atom. The lowest BCUT2D eigenvalue weighted by Gasteiger charge is -2.01. The van der Waals surface area contributed by atoms with Gasteiger partial charge in [-0.25, -0.2) is 9.37 Å². The van der Waals surface area contributed by atoms with E-state index in [-0.39, 0.29) is 5.82 Å². The minimum atomic E-state index is -0.252. The third-order valence-electron chi connectivity index (χ3n) is 2.66. The Bertz CT molecular complexity index is 690. The van der Waals surface area contributed by atoms with E-state index in [1.54, 1.807) is 23.1 Å². The molecule has 0 aliphatic heterocycles. The van der Waals surface area contributed by atoms with Crippen molar-refractivity contribution in [1.82, 2.24) is 14.8 Å². The zero-order valence-corrected chi connectivity index (χ0v) is 10.8. The van der Waals surface area contributed by atoms with Crippen LogP contribution in [0.15, 0.2) is 42.0 Å². The van der Waals surface area contributed by atoms with Gasteiger partial charge in [-0.05, 0) is 17.7 Å². The van der Waals surface area contributed by atoms with Crippen molar-refractivity contribution in [3.8, 4) is 10.7 Å². The molecule has 0 aliphatic carbocycles. The summed E-state index contributed by atoms with van der Waals surface area (Å²) in [4.78, 5) is 4.18. The second-order valence-electron chi connectivity index (χ2n) is 4.10. The molecule has 3 rings (SSSR count). The monoisotopic (exact) mass is 274 g/mol. The largest absolute Gasteiger partial charge is 0.396 e. The molecule has 4 nitrogen and oxygen atoms in total. The fourth-order valence-corrected chi connectivity index (χ4v) is 2.49. The van der Waals surface area contributed by atoms with Crippen molar-refractivity contribution in [3.63, 3.8) is 0 Å². The Hall–Kier alpha value is -2.21. The molecule has 0 atom stereocenters. The molecule has 0 unspecified atom stereocenters. The Morgan fingerprint density at radius 1 is 1.37 bits per heavy atom. The van der Waals surface area contributed by atoms with Crippen molar-refractivity contribution in [2.75, 3.05) is 5.73 Å². The number of halogens is 1. The van der Waals surface area contributed by atoms with Crippen molar-refractivity contribution < 1.29 is 4.39 Å². The summed E-state index contributed by atoms with van der Waals surface area (Å²) in [5.41, 5.74) is 8.01. The van der Waals surface area contributed by atoms with Gasteiger partial charge in [0.1, 0.15) is 16.5 Å². The van der Waals surface area contributed by atoms with E-state index in [4.69, 9.17) is 5.73 Å². The van der Waals surface area contributed by atoms with Gasteiger partial charge in [-0.2, -0.15) is 5.10 Å². The van der Waals surface area contributed by atoms with Crippen LogP contribution in [0.3, 0.4) is 0 Å². The van der Waals surface area contributed by atoms with Crippen LogP contribution in [0.25, 0.3) is 10.7 Å². The first-order valence-electron chi connectivity index (χ1n) is 5.69.